The molecule has 0 fully saturated rings. The van der Waals surface area contributed by atoms with Crippen molar-refractivity contribution in [2.75, 3.05) is 26.9 Å². The molecule has 1 unspecified atom stereocenters. The zero-order valence-electron chi connectivity index (χ0n) is 11.9. The van der Waals surface area contributed by atoms with Crippen LogP contribution >= 0.6 is 11.6 Å². The smallest absolute Gasteiger partial charge is 0.328 e. The maximum absolute atomic E-state index is 11.9. The van der Waals surface area contributed by atoms with Gasteiger partial charge in [0.05, 0.1) is 18.1 Å². The highest BCUT2D eigenvalue weighted by Gasteiger charge is 2.21. The molecule has 1 heterocycles. The van der Waals surface area contributed by atoms with E-state index in [-0.39, 0.29) is 13.0 Å². The molecule has 0 bridgehead atoms. The third-order valence-electron chi connectivity index (χ3n) is 2.99. The van der Waals surface area contributed by atoms with Gasteiger partial charge in [-0.25, -0.2) is 4.79 Å². The maximum Gasteiger partial charge on any atom is 0.328 e. The van der Waals surface area contributed by atoms with Gasteiger partial charge in [-0.1, -0.05) is 11.6 Å². The van der Waals surface area contributed by atoms with Crippen molar-refractivity contribution in [2.24, 2.45) is 0 Å². The summed E-state index contributed by atoms with van der Waals surface area (Å²) in [5.74, 6) is -0.666. The number of ether oxygens (including phenoxy) is 3. The maximum atomic E-state index is 11.9. The Labute approximate surface area is 132 Å². The first-order valence-electron chi connectivity index (χ1n) is 6.60. The van der Waals surface area contributed by atoms with E-state index in [2.05, 4.69) is 5.32 Å². The Balaban J connectivity index is 2.05. The number of carbonyl (C=O) groups excluding carboxylic acids is 1. The van der Waals surface area contributed by atoms with E-state index in [0.717, 1.165) is 0 Å². The normalized spacial score (nSPS) is 14.3. The highest BCUT2D eigenvalue weighted by Crippen LogP contribution is 2.38. The van der Waals surface area contributed by atoms with E-state index in [1.54, 1.807) is 12.1 Å². The molecule has 0 aromatic heterocycles. The summed E-state index contributed by atoms with van der Waals surface area (Å²) in [5.41, 5.74) is 0.605. The summed E-state index contributed by atoms with van der Waals surface area (Å²) in [7, 11) is 1.36. The number of aliphatic carboxylic acids is 1. The Morgan fingerprint density at radius 2 is 2.14 bits per heavy atom. The van der Waals surface area contributed by atoms with Crippen LogP contribution in [0.4, 0.5) is 0 Å². The third kappa shape index (κ3) is 4.02. The number of rotatable bonds is 6. The molecule has 1 amide bonds. The molecule has 22 heavy (non-hydrogen) atoms. The largest absolute Gasteiger partial charge is 0.486 e. The first-order valence-corrected chi connectivity index (χ1v) is 6.98. The lowest BCUT2D eigenvalue weighted by atomic mass is 10.1. The molecule has 1 aromatic carbocycles. The summed E-state index contributed by atoms with van der Waals surface area (Å²) in [6.07, 6.45) is -0.0240. The summed E-state index contributed by atoms with van der Waals surface area (Å²) < 4.78 is 15.6. The van der Waals surface area contributed by atoms with Crippen LogP contribution in [0.2, 0.25) is 5.02 Å². The van der Waals surface area contributed by atoms with Crippen molar-refractivity contribution in [1.29, 1.82) is 0 Å². The molecule has 1 aliphatic rings. The lowest BCUT2D eigenvalue weighted by Gasteiger charge is -2.20. The Kier molecular flexibility index (Phi) is 5.46. The number of hydrogen-bond acceptors (Lipinski definition) is 5. The zero-order chi connectivity index (χ0) is 16.1. The van der Waals surface area contributed by atoms with Crippen LogP contribution in [0.15, 0.2) is 12.1 Å². The fraction of sp³-hybridized carbons (Fsp3) is 0.429. The predicted octanol–water partition coefficient (Wildman–Crippen LogP) is 0.869. The SMILES string of the molecule is COCC(NC(=O)Cc1cc(Cl)c2c(c1)OCCO2)C(=O)O. The molecule has 0 radical (unpaired) electrons. The quantitative estimate of drug-likeness (QED) is 0.804. The summed E-state index contributed by atoms with van der Waals surface area (Å²) >= 11 is 6.09. The van der Waals surface area contributed by atoms with Crippen LogP contribution in [0.3, 0.4) is 0 Å². The lowest BCUT2D eigenvalue weighted by Crippen LogP contribution is -2.44. The highest BCUT2D eigenvalue weighted by molar-refractivity contribution is 6.32. The number of benzene rings is 1. The Morgan fingerprint density at radius 1 is 1.41 bits per heavy atom. The third-order valence-corrected chi connectivity index (χ3v) is 3.27. The summed E-state index contributed by atoms with van der Waals surface area (Å²) in [6, 6.07) is 2.16. The van der Waals surface area contributed by atoms with Gasteiger partial charge in [0.25, 0.3) is 0 Å². The van der Waals surface area contributed by atoms with Crippen LogP contribution in [0.25, 0.3) is 0 Å². The van der Waals surface area contributed by atoms with Gasteiger partial charge in [-0.2, -0.15) is 0 Å². The van der Waals surface area contributed by atoms with Crippen LogP contribution < -0.4 is 14.8 Å². The number of nitrogens with one attached hydrogen (secondary N) is 1. The first kappa shape index (κ1) is 16.4. The van der Waals surface area contributed by atoms with Gasteiger partial charge in [-0.15, -0.1) is 0 Å². The number of carboxylic acids is 1. The standard InChI is InChI=1S/C14H16ClNO6/c1-20-7-10(14(18)19)16-12(17)6-8-4-9(15)13-11(5-8)21-2-3-22-13/h4-5,10H,2-3,6-7H2,1H3,(H,16,17)(H,18,19). The van der Waals surface area contributed by atoms with Crippen LogP contribution in [0.1, 0.15) is 5.56 Å². The van der Waals surface area contributed by atoms with Crippen LogP contribution in [-0.4, -0.2) is 50.0 Å². The molecular formula is C14H16ClNO6. The van der Waals surface area contributed by atoms with Gasteiger partial charge in [0.2, 0.25) is 5.91 Å². The minimum absolute atomic E-state index is 0.0240. The van der Waals surface area contributed by atoms with E-state index >= 15 is 0 Å². The van der Waals surface area contributed by atoms with Crippen molar-refractivity contribution in [2.45, 2.75) is 12.5 Å². The Morgan fingerprint density at radius 3 is 2.82 bits per heavy atom. The van der Waals surface area contributed by atoms with Crippen molar-refractivity contribution < 1.29 is 28.9 Å². The molecule has 0 spiro atoms. The highest BCUT2D eigenvalue weighted by atomic mass is 35.5. The fourth-order valence-electron chi connectivity index (χ4n) is 2.04. The van der Waals surface area contributed by atoms with Crippen molar-refractivity contribution >= 4 is 23.5 Å². The number of fused-ring (bicyclic) bond motifs is 1. The van der Waals surface area contributed by atoms with E-state index in [1.807, 2.05) is 0 Å². The van der Waals surface area contributed by atoms with Gasteiger partial charge in [0.1, 0.15) is 13.2 Å². The molecule has 120 valence electrons. The van der Waals surface area contributed by atoms with Crippen molar-refractivity contribution in [3.63, 3.8) is 0 Å². The van der Waals surface area contributed by atoms with Crippen LogP contribution in [-0.2, 0) is 20.7 Å². The average Bonchev–Trinajstić information content (AvgIpc) is 2.46. The number of halogens is 1. The molecule has 0 saturated heterocycles. The molecule has 1 atom stereocenters. The molecule has 2 rings (SSSR count). The second-order valence-corrected chi connectivity index (χ2v) is 5.10. The minimum atomic E-state index is -1.16. The molecule has 7 nitrogen and oxygen atoms in total. The predicted molar refractivity (Wildman–Crippen MR) is 77.6 cm³/mol. The van der Waals surface area contributed by atoms with Crippen molar-refractivity contribution in [3.8, 4) is 11.5 Å². The zero-order valence-corrected chi connectivity index (χ0v) is 12.7. The summed E-state index contributed by atoms with van der Waals surface area (Å²) in [6.45, 7) is 0.723. The fourth-order valence-corrected chi connectivity index (χ4v) is 2.33. The van der Waals surface area contributed by atoms with Gasteiger partial charge >= 0.3 is 5.97 Å². The molecular weight excluding hydrogens is 314 g/mol. The van der Waals surface area contributed by atoms with Gasteiger partial charge in [0, 0.05) is 7.11 Å². The number of amides is 1. The second kappa shape index (κ2) is 7.33. The molecule has 1 aliphatic heterocycles. The molecule has 0 aliphatic carbocycles. The number of carbonyl (C=O) groups is 2. The topological polar surface area (TPSA) is 94.1 Å². The summed E-state index contributed by atoms with van der Waals surface area (Å²) in [5, 5.41) is 11.7. The van der Waals surface area contributed by atoms with Crippen LogP contribution in [0, 0.1) is 0 Å². The van der Waals surface area contributed by atoms with E-state index < -0.39 is 17.9 Å². The molecule has 2 N–H and O–H groups in total. The lowest BCUT2D eigenvalue weighted by molar-refractivity contribution is -0.143. The Hall–Kier alpha value is -1.99. The van der Waals surface area contributed by atoms with Gasteiger partial charge in [-0.05, 0) is 17.7 Å². The summed E-state index contributed by atoms with van der Waals surface area (Å²) in [4.78, 5) is 22.9. The molecule has 8 heteroatoms. The van der Waals surface area contributed by atoms with Gasteiger partial charge < -0.3 is 24.6 Å². The minimum Gasteiger partial charge on any atom is -0.486 e. The van der Waals surface area contributed by atoms with E-state index in [0.29, 0.717) is 35.3 Å². The van der Waals surface area contributed by atoms with Crippen molar-refractivity contribution in [3.05, 3.63) is 22.7 Å². The molecule has 1 aromatic rings. The van der Waals surface area contributed by atoms with Crippen LogP contribution in [0.5, 0.6) is 11.5 Å². The van der Waals surface area contributed by atoms with Gasteiger partial charge in [-0.3, -0.25) is 4.79 Å². The monoisotopic (exact) mass is 329 g/mol. The van der Waals surface area contributed by atoms with E-state index in [9.17, 15) is 9.59 Å². The number of methoxy groups -OCH3 is 1. The number of carboxylic acid groups (broad SMARTS) is 1. The average molecular weight is 330 g/mol. The van der Waals surface area contributed by atoms with Crippen molar-refractivity contribution in [1.82, 2.24) is 5.32 Å². The van der Waals surface area contributed by atoms with Gasteiger partial charge in [0.15, 0.2) is 17.5 Å². The first-order chi connectivity index (χ1) is 10.5. The van der Waals surface area contributed by atoms with E-state index in [4.69, 9.17) is 30.9 Å². The second-order valence-electron chi connectivity index (χ2n) is 4.69. The molecule has 0 saturated carbocycles. The van der Waals surface area contributed by atoms with E-state index in [1.165, 1.54) is 7.11 Å². The number of hydrogen-bond donors (Lipinski definition) is 2. The Bertz CT molecular complexity index is 577.